The van der Waals surface area contributed by atoms with Crippen molar-refractivity contribution in [3.05, 3.63) is 0 Å². The molecule has 0 aromatic heterocycles. The van der Waals surface area contributed by atoms with Gasteiger partial charge >= 0.3 is 0 Å². The van der Waals surface area contributed by atoms with E-state index in [9.17, 15) is 9.59 Å². The molecule has 1 atom stereocenters. The molecule has 13 heavy (non-hydrogen) atoms. The van der Waals surface area contributed by atoms with Crippen molar-refractivity contribution in [1.82, 2.24) is 0 Å². The fourth-order valence-electron chi connectivity index (χ4n) is 0.940. The predicted octanol–water partition coefficient (Wildman–Crippen LogP) is 2.59. The zero-order valence-corrected chi connectivity index (χ0v) is 10.1. The average Bonchev–Trinajstić information content (AvgIpc) is 2.11. The average molecular weight is 249 g/mol. The molecule has 0 aliphatic heterocycles. The molecule has 0 spiro atoms. The van der Waals surface area contributed by atoms with E-state index >= 15 is 0 Å². The van der Waals surface area contributed by atoms with Crippen LogP contribution < -0.4 is 0 Å². The largest absolute Gasteiger partial charge is 0.299 e. The number of carbonyl (C=O) groups excluding carboxylic acids is 2. The van der Waals surface area contributed by atoms with Gasteiger partial charge in [0.1, 0.15) is 11.6 Å². The monoisotopic (exact) mass is 248 g/mol. The second kappa shape index (κ2) is 6.30. The molecule has 0 fully saturated rings. The Morgan fingerprint density at radius 1 is 1.15 bits per heavy atom. The van der Waals surface area contributed by atoms with Crippen LogP contribution in [0.5, 0.6) is 0 Å². The molecule has 3 heteroatoms. The smallest absolute Gasteiger partial charge is 0.146 e. The van der Waals surface area contributed by atoms with Gasteiger partial charge in [-0.25, -0.2) is 0 Å². The predicted molar refractivity (Wildman–Crippen MR) is 57.0 cm³/mol. The quantitative estimate of drug-likeness (QED) is 0.678. The van der Waals surface area contributed by atoms with Crippen LogP contribution in [0, 0.1) is 11.8 Å². The number of alkyl halides is 1. The van der Waals surface area contributed by atoms with E-state index in [4.69, 9.17) is 0 Å². The van der Waals surface area contributed by atoms with Gasteiger partial charge < -0.3 is 0 Å². The van der Waals surface area contributed by atoms with Gasteiger partial charge in [0.25, 0.3) is 0 Å². The molecule has 0 amide bonds. The summed E-state index contributed by atoms with van der Waals surface area (Å²) in [5.74, 6) is 0.513. The third kappa shape index (κ3) is 5.19. The zero-order valence-electron chi connectivity index (χ0n) is 8.47. The van der Waals surface area contributed by atoms with Crippen molar-refractivity contribution in [2.45, 2.75) is 33.6 Å². The Hall–Kier alpha value is -0.180. The van der Waals surface area contributed by atoms with Gasteiger partial charge in [0.2, 0.25) is 0 Å². The summed E-state index contributed by atoms with van der Waals surface area (Å²) in [5.41, 5.74) is 0. The molecule has 0 heterocycles. The Morgan fingerprint density at radius 2 is 1.69 bits per heavy atom. The number of ketones is 2. The highest BCUT2D eigenvalue weighted by Crippen LogP contribution is 2.11. The van der Waals surface area contributed by atoms with Crippen LogP contribution in [0.1, 0.15) is 33.6 Å². The Kier molecular flexibility index (Phi) is 6.21. The molecule has 0 radical (unpaired) electrons. The van der Waals surface area contributed by atoms with Gasteiger partial charge in [0.15, 0.2) is 0 Å². The van der Waals surface area contributed by atoms with E-state index in [-0.39, 0.29) is 23.4 Å². The minimum absolute atomic E-state index is 0.00192. The number of rotatable bonds is 6. The molecule has 0 aromatic carbocycles. The van der Waals surface area contributed by atoms with E-state index in [1.54, 1.807) is 0 Å². The summed E-state index contributed by atoms with van der Waals surface area (Å²) in [6, 6.07) is 0. The summed E-state index contributed by atoms with van der Waals surface area (Å²) in [7, 11) is 0. The van der Waals surface area contributed by atoms with E-state index in [1.165, 1.54) is 0 Å². The highest BCUT2D eigenvalue weighted by molar-refractivity contribution is 9.09. The highest BCUT2D eigenvalue weighted by Gasteiger charge is 2.14. The molecular weight excluding hydrogens is 232 g/mol. The number of carbonyl (C=O) groups is 2. The third-order valence-corrected chi connectivity index (χ3v) is 2.70. The molecule has 0 aromatic rings. The molecular formula is C10H17BrO2. The van der Waals surface area contributed by atoms with Gasteiger partial charge in [-0.3, -0.25) is 9.59 Å². The first-order valence-corrected chi connectivity index (χ1v) is 5.72. The van der Waals surface area contributed by atoms with Gasteiger partial charge in [-0.05, 0) is 6.42 Å². The van der Waals surface area contributed by atoms with Gasteiger partial charge in [-0.2, -0.15) is 0 Å². The third-order valence-electron chi connectivity index (χ3n) is 2.15. The van der Waals surface area contributed by atoms with Crippen LogP contribution in [0.4, 0.5) is 0 Å². The van der Waals surface area contributed by atoms with E-state index in [0.29, 0.717) is 18.2 Å². The van der Waals surface area contributed by atoms with Crippen molar-refractivity contribution in [2.24, 2.45) is 11.8 Å². The first-order chi connectivity index (χ1) is 5.99. The van der Waals surface area contributed by atoms with Gasteiger partial charge in [0.05, 0.1) is 5.33 Å². The van der Waals surface area contributed by atoms with Crippen LogP contribution in [0.2, 0.25) is 0 Å². The summed E-state index contributed by atoms with van der Waals surface area (Å²) >= 11 is 3.12. The summed E-state index contributed by atoms with van der Waals surface area (Å²) in [6.07, 6.45) is 1.21. The fraction of sp³-hybridized carbons (Fsp3) is 0.800. The highest BCUT2D eigenvalue weighted by atomic mass is 79.9. The van der Waals surface area contributed by atoms with E-state index in [1.807, 2.05) is 20.8 Å². The van der Waals surface area contributed by atoms with Gasteiger partial charge in [0, 0.05) is 18.3 Å². The SMILES string of the molecule is CC(C)C(=O)CCC(C)C(=O)CBr. The minimum Gasteiger partial charge on any atom is -0.299 e. The first kappa shape index (κ1) is 12.8. The second-order valence-corrected chi connectivity index (χ2v) is 4.22. The summed E-state index contributed by atoms with van der Waals surface area (Å²) in [6.45, 7) is 5.65. The van der Waals surface area contributed by atoms with E-state index in [2.05, 4.69) is 15.9 Å². The maximum Gasteiger partial charge on any atom is 0.146 e. The number of Topliss-reactive ketones (excluding diaryl/α,β-unsaturated/α-hetero) is 2. The first-order valence-electron chi connectivity index (χ1n) is 4.60. The Bertz CT molecular complexity index is 187. The van der Waals surface area contributed by atoms with Crippen LogP contribution in [0.3, 0.4) is 0 Å². The lowest BCUT2D eigenvalue weighted by Crippen LogP contribution is -2.15. The van der Waals surface area contributed by atoms with Crippen LogP contribution >= 0.6 is 15.9 Å². The topological polar surface area (TPSA) is 34.1 Å². The fourth-order valence-corrected chi connectivity index (χ4v) is 1.49. The number of hydrogen-bond donors (Lipinski definition) is 0. The van der Waals surface area contributed by atoms with Crippen molar-refractivity contribution < 1.29 is 9.59 Å². The summed E-state index contributed by atoms with van der Waals surface area (Å²) in [5, 5.41) is 0.393. The Balaban J connectivity index is 3.76. The van der Waals surface area contributed by atoms with E-state index < -0.39 is 0 Å². The normalized spacial score (nSPS) is 13.0. The van der Waals surface area contributed by atoms with Crippen LogP contribution in [-0.2, 0) is 9.59 Å². The lowest BCUT2D eigenvalue weighted by atomic mass is 9.96. The summed E-state index contributed by atoms with van der Waals surface area (Å²) < 4.78 is 0. The lowest BCUT2D eigenvalue weighted by Gasteiger charge is -2.08. The molecule has 0 rings (SSSR count). The molecule has 76 valence electrons. The van der Waals surface area contributed by atoms with Gasteiger partial charge in [-0.1, -0.05) is 36.7 Å². The van der Waals surface area contributed by atoms with Crippen LogP contribution in [0.25, 0.3) is 0 Å². The molecule has 0 aliphatic carbocycles. The molecule has 0 saturated heterocycles. The minimum atomic E-state index is 0.00192. The standard InChI is InChI=1S/C10H17BrO2/c1-7(2)9(12)5-4-8(3)10(13)6-11/h7-8H,4-6H2,1-3H3. The second-order valence-electron chi connectivity index (χ2n) is 3.66. The Morgan fingerprint density at radius 3 is 2.08 bits per heavy atom. The molecule has 0 saturated carbocycles. The molecule has 2 nitrogen and oxygen atoms in total. The van der Waals surface area contributed by atoms with E-state index in [0.717, 1.165) is 0 Å². The van der Waals surface area contributed by atoms with Crippen molar-refractivity contribution in [2.75, 3.05) is 5.33 Å². The van der Waals surface area contributed by atoms with Crippen LogP contribution in [-0.4, -0.2) is 16.9 Å². The maximum atomic E-state index is 11.2. The van der Waals surface area contributed by atoms with Crippen LogP contribution in [0.15, 0.2) is 0 Å². The zero-order chi connectivity index (χ0) is 10.4. The van der Waals surface area contributed by atoms with Crippen molar-refractivity contribution in [3.8, 4) is 0 Å². The Labute approximate surface area is 88.2 Å². The number of halogens is 1. The maximum absolute atomic E-state index is 11.2. The lowest BCUT2D eigenvalue weighted by molar-refractivity contribution is -0.123. The number of hydrogen-bond acceptors (Lipinski definition) is 2. The molecule has 1 unspecified atom stereocenters. The molecule has 0 N–H and O–H groups in total. The van der Waals surface area contributed by atoms with Gasteiger partial charge in [-0.15, -0.1) is 0 Å². The van der Waals surface area contributed by atoms with Crippen molar-refractivity contribution >= 4 is 27.5 Å². The van der Waals surface area contributed by atoms with Crippen molar-refractivity contribution in [1.29, 1.82) is 0 Å². The molecule has 0 aliphatic rings. The van der Waals surface area contributed by atoms with Crippen molar-refractivity contribution in [3.63, 3.8) is 0 Å². The summed E-state index contributed by atoms with van der Waals surface area (Å²) in [4.78, 5) is 22.4. The molecule has 0 bridgehead atoms.